The molecule has 0 bridgehead atoms. The van der Waals surface area contributed by atoms with Crippen molar-refractivity contribution >= 4 is 0 Å². The minimum Gasteiger partial charge on any atom is -0.492 e. The van der Waals surface area contributed by atoms with Crippen LogP contribution in [0, 0.1) is 5.82 Å². The fourth-order valence-electron chi connectivity index (χ4n) is 1.67. The van der Waals surface area contributed by atoms with E-state index < -0.39 is 0 Å². The quantitative estimate of drug-likeness (QED) is 0.728. The molecule has 74 valence electrons. The van der Waals surface area contributed by atoms with Gasteiger partial charge in [-0.25, -0.2) is 4.39 Å². The van der Waals surface area contributed by atoms with Gasteiger partial charge in [-0.15, -0.1) is 6.58 Å². The molecule has 1 aromatic rings. The van der Waals surface area contributed by atoms with Crippen LogP contribution in [0.15, 0.2) is 24.8 Å². The molecule has 0 radical (unpaired) electrons. The fraction of sp³-hybridized carbons (Fsp3) is 0.273. The van der Waals surface area contributed by atoms with Gasteiger partial charge in [0.15, 0.2) is 0 Å². The molecule has 2 N–H and O–H groups in total. The smallest absolute Gasteiger partial charge is 0.130 e. The van der Waals surface area contributed by atoms with Gasteiger partial charge >= 0.3 is 0 Å². The van der Waals surface area contributed by atoms with E-state index in [2.05, 4.69) is 6.58 Å². The minimum absolute atomic E-state index is 0.211. The molecule has 2 nitrogen and oxygen atoms in total. The Morgan fingerprint density at radius 3 is 3.07 bits per heavy atom. The Labute approximate surface area is 82.2 Å². The maximum atomic E-state index is 13.3. The van der Waals surface area contributed by atoms with Crippen molar-refractivity contribution in [3.63, 3.8) is 0 Å². The minimum atomic E-state index is -0.289. The molecule has 1 unspecified atom stereocenters. The van der Waals surface area contributed by atoms with Gasteiger partial charge in [0.25, 0.3) is 0 Å². The van der Waals surface area contributed by atoms with Gasteiger partial charge in [-0.3, -0.25) is 0 Å². The monoisotopic (exact) mass is 193 g/mol. The van der Waals surface area contributed by atoms with E-state index in [4.69, 9.17) is 10.5 Å². The fourth-order valence-corrected chi connectivity index (χ4v) is 1.67. The van der Waals surface area contributed by atoms with Gasteiger partial charge in [-0.2, -0.15) is 0 Å². The highest BCUT2D eigenvalue weighted by Crippen LogP contribution is 2.34. The van der Waals surface area contributed by atoms with Crippen molar-refractivity contribution in [2.24, 2.45) is 5.73 Å². The first-order chi connectivity index (χ1) is 6.74. The molecule has 1 heterocycles. The van der Waals surface area contributed by atoms with E-state index in [9.17, 15) is 4.39 Å². The summed E-state index contributed by atoms with van der Waals surface area (Å²) < 4.78 is 18.7. The number of benzene rings is 1. The van der Waals surface area contributed by atoms with E-state index in [0.29, 0.717) is 24.3 Å². The summed E-state index contributed by atoms with van der Waals surface area (Å²) in [6.07, 6.45) is 2.24. The van der Waals surface area contributed by atoms with E-state index >= 15 is 0 Å². The molecule has 1 aliphatic rings. The van der Waals surface area contributed by atoms with E-state index in [1.807, 2.05) is 0 Å². The lowest BCUT2D eigenvalue weighted by molar-refractivity contribution is 0.352. The molecule has 1 aliphatic heterocycles. The van der Waals surface area contributed by atoms with Crippen LogP contribution in [0.3, 0.4) is 0 Å². The Morgan fingerprint density at radius 2 is 2.36 bits per heavy atom. The third-order valence-corrected chi connectivity index (χ3v) is 2.45. The van der Waals surface area contributed by atoms with Crippen LogP contribution in [-0.2, 0) is 6.42 Å². The summed E-state index contributed by atoms with van der Waals surface area (Å²) in [5.41, 5.74) is 7.25. The average Bonchev–Trinajstić information content (AvgIpc) is 2.67. The first-order valence-corrected chi connectivity index (χ1v) is 4.56. The van der Waals surface area contributed by atoms with Crippen molar-refractivity contribution in [2.45, 2.75) is 12.5 Å². The Morgan fingerprint density at radius 1 is 1.57 bits per heavy atom. The number of hydrogen-bond acceptors (Lipinski definition) is 2. The molecular formula is C11H12FNO. The zero-order chi connectivity index (χ0) is 10.1. The second-order valence-corrected chi connectivity index (χ2v) is 3.30. The van der Waals surface area contributed by atoms with Gasteiger partial charge in [-0.1, -0.05) is 12.1 Å². The maximum absolute atomic E-state index is 13.3. The number of halogens is 1. The largest absolute Gasteiger partial charge is 0.492 e. The van der Waals surface area contributed by atoms with Crippen LogP contribution >= 0.6 is 0 Å². The summed E-state index contributed by atoms with van der Waals surface area (Å²) in [5.74, 6) is 0.398. The predicted octanol–water partition coefficient (Wildman–Crippen LogP) is 1.95. The third-order valence-electron chi connectivity index (χ3n) is 2.45. The standard InChI is InChI=1S/C11H12FNO/c1-2-10(13)8-3-4-9(12)7-5-6-14-11(7)8/h2-4,10H,1,5-6,13H2. The van der Waals surface area contributed by atoms with Gasteiger partial charge in [0, 0.05) is 17.5 Å². The second kappa shape index (κ2) is 3.42. The number of fused-ring (bicyclic) bond motifs is 1. The van der Waals surface area contributed by atoms with Gasteiger partial charge in [0.05, 0.1) is 12.6 Å². The zero-order valence-electron chi connectivity index (χ0n) is 7.79. The van der Waals surface area contributed by atoms with Crippen molar-refractivity contribution < 1.29 is 9.13 Å². The lowest BCUT2D eigenvalue weighted by atomic mass is 10.0. The lowest BCUT2D eigenvalue weighted by Crippen LogP contribution is -2.08. The molecule has 0 amide bonds. The Balaban J connectivity index is 2.53. The summed E-state index contributed by atoms with van der Waals surface area (Å²) in [4.78, 5) is 0. The van der Waals surface area contributed by atoms with E-state index in [0.717, 1.165) is 5.56 Å². The van der Waals surface area contributed by atoms with E-state index in [1.54, 1.807) is 12.1 Å². The Kier molecular flexibility index (Phi) is 2.25. The van der Waals surface area contributed by atoms with Gasteiger partial charge in [0.1, 0.15) is 11.6 Å². The van der Waals surface area contributed by atoms with Crippen LogP contribution in [-0.4, -0.2) is 6.61 Å². The number of rotatable bonds is 2. The van der Waals surface area contributed by atoms with Crippen molar-refractivity contribution in [3.05, 3.63) is 41.7 Å². The summed E-state index contributed by atoms with van der Waals surface area (Å²) in [6, 6.07) is 2.81. The van der Waals surface area contributed by atoms with Crippen LogP contribution in [0.4, 0.5) is 4.39 Å². The lowest BCUT2D eigenvalue weighted by Gasteiger charge is -2.11. The van der Waals surface area contributed by atoms with Crippen molar-refractivity contribution in [2.75, 3.05) is 6.61 Å². The van der Waals surface area contributed by atoms with Gasteiger partial charge in [0.2, 0.25) is 0 Å². The maximum Gasteiger partial charge on any atom is 0.130 e. The van der Waals surface area contributed by atoms with Gasteiger partial charge < -0.3 is 10.5 Å². The van der Waals surface area contributed by atoms with Gasteiger partial charge in [-0.05, 0) is 6.07 Å². The molecule has 0 spiro atoms. The Hall–Kier alpha value is -1.35. The topological polar surface area (TPSA) is 35.2 Å². The molecule has 1 atom stereocenters. The normalized spacial score (nSPS) is 15.9. The SMILES string of the molecule is C=CC(N)c1ccc(F)c2c1OCC2. The first-order valence-electron chi connectivity index (χ1n) is 4.56. The summed E-state index contributed by atoms with van der Waals surface area (Å²) in [5, 5.41) is 0. The highest BCUT2D eigenvalue weighted by Gasteiger charge is 2.22. The molecule has 3 heteroatoms. The summed E-state index contributed by atoms with van der Waals surface area (Å²) in [6.45, 7) is 4.15. The zero-order valence-corrected chi connectivity index (χ0v) is 7.79. The van der Waals surface area contributed by atoms with E-state index in [1.165, 1.54) is 6.07 Å². The molecule has 1 aromatic carbocycles. The third kappa shape index (κ3) is 1.30. The van der Waals surface area contributed by atoms with Crippen LogP contribution < -0.4 is 10.5 Å². The molecule has 0 saturated heterocycles. The van der Waals surface area contributed by atoms with Crippen LogP contribution in [0.5, 0.6) is 5.75 Å². The van der Waals surface area contributed by atoms with Crippen LogP contribution in [0.25, 0.3) is 0 Å². The van der Waals surface area contributed by atoms with Crippen LogP contribution in [0.2, 0.25) is 0 Å². The number of nitrogens with two attached hydrogens (primary N) is 1. The summed E-state index contributed by atoms with van der Waals surface area (Å²) >= 11 is 0. The molecular weight excluding hydrogens is 181 g/mol. The Bertz CT molecular complexity index is 376. The second-order valence-electron chi connectivity index (χ2n) is 3.30. The van der Waals surface area contributed by atoms with Crippen LogP contribution in [0.1, 0.15) is 17.2 Å². The van der Waals surface area contributed by atoms with E-state index in [-0.39, 0.29) is 11.9 Å². The highest BCUT2D eigenvalue weighted by atomic mass is 19.1. The molecule has 2 rings (SSSR count). The van der Waals surface area contributed by atoms with Crippen molar-refractivity contribution in [1.82, 2.24) is 0 Å². The molecule has 14 heavy (non-hydrogen) atoms. The molecule has 0 aromatic heterocycles. The van der Waals surface area contributed by atoms with Crippen molar-refractivity contribution in [1.29, 1.82) is 0 Å². The predicted molar refractivity (Wildman–Crippen MR) is 52.7 cm³/mol. The highest BCUT2D eigenvalue weighted by molar-refractivity contribution is 5.47. The number of ether oxygens (including phenoxy) is 1. The molecule has 0 saturated carbocycles. The van der Waals surface area contributed by atoms with Crippen molar-refractivity contribution in [3.8, 4) is 5.75 Å². The number of hydrogen-bond donors (Lipinski definition) is 1. The molecule has 0 aliphatic carbocycles. The first kappa shape index (κ1) is 9.21. The molecule has 0 fully saturated rings. The average molecular weight is 193 g/mol. The summed E-state index contributed by atoms with van der Waals surface area (Å²) in [7, 11) is 0.